The van der Waals surface area contributed by atoms with Gasteiger partial charge in [0, 0.05) is 0 Å². The number of hydrogen-bond donors (Lipinski definition) is 0. The Morgan fingerprint density at radius 2 is 0.658 bits per heavy atom. The molecule has 1 aromatic heterocycles. The fraction of sp³-hybridized carbons (Fsp3) is 0. The molecule has 0 spiro atoms. The summed E-state index contributed by atoms with van der Waals surface area (Å²) in [7, 11) is 0. The second kappa shape index (κ2) is 10.9. The van der Waals surface area contributed by atoms with Crippen molar-refractivity contribution in [2.24, 2.45) is 0 Å². The quantitative estimate of drug-likeness (QED) is 0.234. The van der Waals surface area contributed by atoms with E-state index in [0.29, 0.717) is 0 Å². The summed E-state index contributed by atoms with van der Waals surface area (Å²) < 4.78 is 0. The molecule has 2 heteroatoms. The molecule has 0 unspecified atom stereocenters. The van der Waals surface area contributed by atoms with Crippen molar-refractivity contribution in [3.05, 3.63) is 156 Å². The lowest BCUT2D eigenvalue weighted by molar-refractivity contribution is 1.24. The van der Waals surface area contributed by atoms with Crippen molar-refractivity contribution in [2.75, 3.05) is 0 Å². The molecule has 0 amide bonds. The Morgan fingerprint density at radius 1 is 0.316 bits per heavy atom. The lowest BCUT2D eigenvalue weighted by Crippen LogP contribution is -1.93. The molecule has 0 aliphatic rings. The summed E-state index contributed by atoms with van der Waals surface area (Å²) in [5, 5.41) is 0. The van der Waals surface area contributed by atoms with Crippen LogP contribution in [0.3, 0.4) is 0 Å². The molecule has 2 nitrogen and oxygen atoms in total. The molecule has 0 atom stereocenters. The zero-order valence-corrected chi connectivity index (χ0v) is 20.9. The van der Waals surface area contributed by atoms with Crippen molar-refractivity contribution < 1.29 is 0 Å². The highest BCUT2D eigenvalue weighted by molar-refractivity contribution is 5.83. The van der Waals surface area contributed by atoms with Crippen LogP contribution < -0.4 is 0 Å². The van der Waals surface area contributed by atoms with Crippen LogP contribution in [0.15, 0.2) is 133 Å². The molecule has 38 heavy (non-hydrogen) atoms. The molecule has 0 radical (unpaired) electrons. The van der Waals surface area contributed by atoms with Crippen molar-refractivity contribution in [1.29, 1.82) is 0 Å². The van der Waals surface area contributed by atoms with E-state index in [1.807, 2.05) is 36.4 Å². The van der Waals surface area contributed by atoms with Crippen LogP contribution in [0.4, 0.5) is 0 Å². The molecule has 0 fully saturated rings. The Balaban J connectivity index is 1.28. The first-order chi connectivity index (χ1) is 18.8. The van der Waals surface area contributed by atoms with Gasteiger partial charge >= 0.3 is 0 Å². The predicted molar refractivity (Wildman–Crippen MR) is 161 cm³/mol. The number of benzene rings is 5. The van der Waals surface area contributed by atoms with Crippen LogP contribution in [0, 0.1) is 0 Å². The van der Waals surface area contributed by atoms with Crippen molar-refractivity contribution in [2.45, 2.75) is 0 Å². The number of hydrogen-bond acceptors (Lipinski definition) is 2. The van der Waals surface area contributed by atoms with Crippen LogP contribution in [0.25, 0.3) is 57.6 Å². The number of nitrogens with zero attached hydrogens (tertiary/aromatic N) is 2. The van der Waals surface area contributed by atoms with Crippen molar-refractivity contribution in [1.82, 2.24) is 9.97 Å². The van der Waals surface area contributed by atoms with Gasteiger partial charge in [0.15, 0.2) is 0 Å². The third-order valence-electron chi connectivity index (χ3n) is 6.53. The van der Waals surface area contributed by atoms with Gasteiger partial charge in [0.25, 0.3) is 0 Å². The summed E-state index contributed by atoms with van der Waals surface area (Å²) in [6.45, 7) is 0. The van der Waals surface area contributed by atoms with Gasteiger partial charge in [0.1, 0.15) is 0 Å². The van der Waals surface area contributed by atoms with Crippen LogP contribution in [0.2, 0.25) is 0 Å². The molecule has 0 bridgehead atoms. The van der Waals surface area contributed by atoms with E-state index in [0.717, 1.165) is 33.5 Å². The maximum absolute atomic E-state index is 4.92. The van der Waals surface area contributed by atoms with Gasteiger partial charge in [-0.3, -0.25) is 0 Å². The molecule has 180 valence electrons. The molecule has 5 aromatic carbocycles. The van der Waals surface area contributed by atoms with Gasteiger partial charge in [-0.1, -0.05) is 133 Å². The number of para-hydroxylation sites is 2. The smallest absolute Gasteiger partial charge is 0.0894 e. The largest absolute Gasteiger partial charge is 0.245 e. The van der Waals surface area contributed by atoms with Crippen LogP contribution in [-0.2, 0) is 0 Å². The summed E-state index contributed by atoms with van der Waals surface area (Å²) in [6.07, 6.45) is 8.30. The minimum Gasteiger partial charge on any atom is -0.245 e. The predicted octanol–water partition coefficient (Wildman–Crippen LogP) is 9.30. The van der Waals surface area contributed by atoms with E-state index >= 15 is 0 Å². The average molecular weight is 487 g/mol. The molecular weight excluding hydrogens is 460 g/mol. The second-order valence-electron chi connectivity index (χ2n) is 9.13. The molecular formula is C36H26N2. The SMILES string of the molecule is C(=Cc1nc2ccccc2nc1C=Cc1ccc(-c2ccccc2)cc1)c1ccc(-c2ccccc2)cc1. The van der Waals surface area contributed by atoms with Gasteiger partial charge in [-0.15, -0.1) is 0 Å². The monoisotopic (exact) mass is 486 g/mol. The summed E-state index contributed by atoms with van der Waals surface area (Å²) in [6, 6.07) is 46.0. The van der Waals surface area contributed by atoms with Crippen LogP contribution in [-0.4, -0.2) is 9.97 Å². The van der Waals surface area contributed by atoms with E-state index in [1.165, 1.54) is 22.3 Å². The zero-order valence-electron chi connectivity index (χ0n) is 20.9. The summed E-state index contributed by atoms with van der Waals surface area (Å²) in [5.74, 6) is 0. The molecule has 6 rings (SSSR count). The molecule has 1 heterocycles. The van der Waals surface area contributed by atoms with Gasteiger partial charge < -0.3 is 0 Å². The maximum atomic E-state index is 4.92. The number of rotatable bonds is 6. The summed E-state index contributed by atoms with van der Waals surface area (Å²) in [4.78, 5) is 9.84. The fourth-order valence-corrected chi connectivity index (χ4v) is 4.46. The lowest BCUT2D eigenvalue weighted by atomic mass is 10.0. The van der Waals surface area contributed by atoms with Crippen molar-refractivity contribution in [3.63, 3.8) is 0 Å². The van der Waals surface area contributed by atoms with Crippen LogP contribution >= 0.6 is 0 Å². The third kappa shape index (κ3) is 5.35. The van der Waals surface area contributed by atoms with E-state index < -0.39 is 0 Å². The van der Waals surface area contributed by atoms with E-state index in [1.54, 1.807) is 0 Å². The number of fused-ring (bicyclic) bond motifs is 1. The van der Waals surface area contributed by atoms with Crippen molar-refractivity contribution >= 4 is 35.3 Å². The van der Waals surface area contributed by atoms with Gasteiger partial charge in [0.05, 0.1) is 22.4 Å². The summed E-state index contributed by atoms with van der Waals surface area (Å²) in [5.41, 5.74) is 10.5. The average Bonchev–Trinajstić information content (AvgIpc) is 3.00. The second-order valence-corrected chi connectivity index (χ2v) is 9.13. The molecule has 0 saturated carbocycles. The van der Waals surface area contributed by atoms with E-state index in [9.17, 15) is 0 Å². The van der Waals surface area contributed by atoms with Gasteiger partial charge in [-0.25, -0.2) is 9.97 Å². The van der Waals surface area contributed by atoms with E-state index in [-0.39, 0.29) is 0 Å². The normalized spacial score (nSPS) is 11.5. The topological polar surface area (TPSA) is 25.8 Å². The molecule has 0 saturated heterocycles. The Bertz CT molecular complexity index is 1580. The first-order valence-electron chi connectivity index (χ1n) is 12.8. The molecule has 0 N–H and O–H groups in total. The van der Waals surface area contributed by atoms with Crippen LogP contribution in [0.5, 0.6) is 0 Å². The first kappa shape index (κ1) is 23.3. The lowest BCUT2D eigenvalue weighted by Gasteiger charge is -2.05. The van der Waals surface area contributed by atoms with Crippen LogP contribution in [0.1, 0.15) is 22.5 Å². The highest BCUT2D eigenvalue weighted by atomic mass is 14.8. The third-order valence-corrected chi connectivity index (χ3v) is 6.53. The highest BCUT2D eigenvalue weighted by Crippen LogP contribution is 2.23. The van der Waals surface area contributed by atoms with Gasteiger partial charge in [-0.2, -0.15) is 0 Å². The van der Waals surface area contributed by atoms with E-state index in [2.05, 4.69) is 121 Å². The Morgan fingerprint density at radius 3 is 1.05 bits per heavy atom. The molecule has 0 aliphatic heterocycles. The minimum absolute atomic E-state index is 0.841. The molecule has 0 aliphatic carbocycles. The molecule has 6 aromatic rings. The maximum Gasteiger partial charge on any atom is 0.0894 e. The standard InChI is InChI=1S/C36H26N2/c1-3-9-29(10-4-1)31-21-15-27(16-22-31)19-25-35-36(38-34-14-8-7-13-33(34)37-35)26-20-28-17-23-32(24-18-28)30-11-5-2-6-12-30/h1-26H. The first-order valence-corrected chi connectivity index (χ1v) is 12.8. The van der Waals surface area contributed by atoms with Gasteiger partial charge in [-0.05, 0) is 57.7 Å². The number of aromatic nitrogens is 2. The van der Waals surface area contributed by atoms with Crippen molar-refractivity contribution in [3.8, 4) is 22.3 Å². The Hall–Kier alpha value is -5.08. The Kier molecular flexibility index (Phi) is 6.69. The van der Waals surface area contributed by atoms with Gasteiger partial charge in [0.2, 0.25) is 0 Å². The highest BCUT2D eigenvalue weighted by Gasteiger charge is 2.05. The van der Waals surface area contributed by atoms with E-state index in [4.69, 9.17) is 9.97 Å². The zero-order chi connectivity index (χ0) is 25.6. The Labute approximate surface area is 223 Å². The minimum atomic E-state index is 0.841. The summed E-state index contributed by atoms with van der Waals surface area (Å²) >= 11 is 0. The fourth-order valence-electron chi connectivity index (χ4n) is 4.46.